The molecule has 8 rings (SSSR count). The molecule has 0 aromatic heterocycles. The quantitative estimate of drug-likeness (QED) is 0.0208. The summed E-state index contributed by atoms with van der Waals surface area (Å²) in [6, 6.07) is 29.9. The molecular formula is C56H61N3O12. The predicted molar refractivity (Wildman–Crippen MR) is 268 cm³/mol. The lowest BCUT2D eigenvalue weighted by atomic mass is 9.55. The highest BCUT2D eigenvalue weighted by Crippen LogP contribution is 2.62. The summed E-state index contributed by atoms with van der Waals surface area (Å²) in [6.07, 6.45) is 8.27. The van der Waals surface area contributed by atoms with E-state index in [1.165, 1.54) is 19.2 Å². The number of aldehydes is 1. The fourth-order valence-electron chi connectivity index (χ4n) is 10.7. The summed E-state index contributed by atoms with van der Waals surface area (Å²) in [5.74, 6) is -0.828. The van der Waals surface area contributed by atoms with Gasteiger partial charge in [0.2, 0.25) is 5.79 Å². The van der Waals surface area contributed by atoms with Crippen LogP contribution in [-0.2, 0) is 27.5 Å². The molecule has 372 valence electrons. The minimum atomic E-state index is -1.57. The molecule has 1 saturated carbocycles. The highest BCUT2D eigenvalue weighted by atomic mass is 16.7. The standard InChI is InChI=1S/C56H61N3O12/c1-4-29-68-56-52(58(55(63)67-5-2)34-40-16-12-15-38-13-6-7-17-45(38)40)33-49(57-69-36-37-19-21-42(22-20-37)59(64)65)47-31-39(14-8-10-27-60)46(18-9-11-28-61)53(54(47)56)48-32-44(24-26-51(48)71-56)70-43-23-25-50(66-3)41(30-43)35-62/h4,6-7,12-13,15-17,19-26,30-32,35,39,46,52-54,60-61H,1,5,8-11,14,18,27-29,33-34,36H2,2-3H3/t39-,46+,52-,53+,54+,56+/m0/s1. The van der Waals surface area contributed by atoms with E-state index in [0.29, 0.717) is 65.4 Å². The minimum absolute atomic E-state index is 0.00413. The van der Waals surface area contributed by atoms with E-state index in [2.05, 4.69) is 12.7 Å². The Morgan fingerprint density at radius 3 is 2.44 bits per heavy atom. The highest BCUT2D eigenvalue weighted by molar-refractivity contribution is 6.03. The van der Waals surface area contributed by atoms with Gasteiger partial charge in [-0.3, -0.25) is 19.8 Å². The summed E-state index contributed by atoms with van der Waals surface area (Å²) < 4.78 is 32.4. The number of nitrogens with zero attached hydrogens (tertiary/aromatic N) is 3. The van der Waals surface area contributed by atoms with E-state index < -0.39 is 28.8 Å². The smallest absolute Gasteiger partial charge is 0.410 e. The summed E-state index contributed by atoms with van der Waals surface area (Å²) >= 11 is 0. The second-order valence-electron chi connectivity index (χ2n) is 18.1. The molecule has 6 atom stereocenters. The number of methoxy groups -OCH3 is 1. The van der Waals surface area contributed by atoms with Crippen LogP contribution in [0.5, 0.6) is 23.0 Å². The first-order valence-corrected chi connectivity index (χ1v) is 24.3. The number of amides is 1. The lowest BCUT2D eigenvalue weighted by Crippen LogP contribution is -2.70. The van der Waals surface area contributed by atoms with E-state index in [-0.39, 0.29) is 69.4 Å². The Labute approximate surface area is 413 Å². The molecule has 2 N–H and O–H groups in total. The van der Waals surface area contributed by atoms with Crippen molar-refractivity contribution >= 4 is 34.6 Å². The van der Waals surface area contributed by atoms with E-state index >= 15 is 0 Å². The number of hydrogen-bond acceptors (Lipinski definition) is 13. The third-order valence-corrected chi connectivity index (χ3v) is 13.9. The number of fused-ring (bicyclic) bond motifs is 3. The zero-order valence-corrected chi connectivity index (χ0v) is 40.2. The van der Waals surface area contributed by atoms with Crippen molar-refractivity contribution in [3.63, 3.8) is 0 Å². The van der Waals surface area contributed by atoms with Gasteiger partial charge in [0.25, 0.3) is 5.69 Å². The zero-order valence-electron chi connectivity index (χ0n) is 40.2. The van der Waals surface area contributed by atoms with Gasteiger partial charge >= 0.3 is 6.09 Å². The van der Waals surface area contributed by atoms with Crippen LogP contribution >= 0.6 is 0 Å². The number of allylic oxidation sites excluding steroid dienone is 1. The van der Waals surface area contributed by atoms with E-state index in [1.54, 1.807) is 54.3 Å². The second-order valence-corrected chi connectivity index (χ2v) is 18.1. The van der Waals surface area contributed by atoms with Crippen LogP contribution in [0.25, 0.3) is 10.8 Å². The van der Waals surface area contributed by atoms with Crippen molar-refractivity contribution in [3.8, 4) is 23.0 Å². The zero-order chi connectivity index (χ0) is 49.9. The third kappa shape index (κ3) is 10.8. The SMILES string of the molecule is C=CCO[C@@]12Oc3ccc(Oc4ccc(OC)c(C=O)c4)cc3[C@H]3[C@H](CCCCO)[C@@H](CCCCO)C=C(C(=NOCc4ccc([N+](=O)[O-])cc4)C[C@@H]1N(Cc1cccc4ccccc14)C(=O)OCC)[C@H]32. The van der Waals surface area contributed by atoms with Crippen LogP contribution in [0.1, 0.15) is 84.8 Å². The molecule has 0 unspecified atom stereocenters. The van der Waals surface area contributed by atoms with Gasteiger partial charge in [-0.2, -0.15) is 0 Å². The first-order chi connectivity index (χ1) is 34.7. The van der Waals surface area contributed by atoms with Gasteiger partial charge in [0.15, 0.2) is 6.29 Å². The van der Waals surface area contributed by atoms with Gasteiger partial charge in [0.05, 0.1) is 49.0 Å². The fraction of sp³-hybridized carbons (Fsp3) is 0.375. The van der Waals surface area contributed by atoms with Crippen LogP contribution in [0.15, 0.2) is 133 Å². The molecule has 0 saturated heterocycles. The number of hydrogen-bond donors (Lipinski definition) is 2. The Balaban J connectivity index is 1.34. The van der Waals surface area contributed by atoms with Crippen LogP contribution in [0.4, 0.5) is 10.5 Å². The largest absolute Gasteiger partial charge is 0.496 e. The van der Waals surface area contributed by atoms with Gasteiger partial charge in [0.1, 0.15) is 35.6 Å². The number of aliphatic hydroxyl groups excluding tert-OH is 2. The number of non-ortho nitro benzene ring substituents is 1. The molecule has 15 nitrogen and oxygen atoms in total. The van der Waals surface area contributed by atoms with Crippen molar-refractivity contribution in [2.24, 2.45) is 22.9 Å². The van der Waals surface area contributed by atoms with Crippen LogP contribution in [0.3, 0.4) is 0 Å². The molecule has 15 heteroatoms. The minimum Gasteiger partial charge on any atom is -0.496 e. The number of ether oxygens (including phenoxy) is 5. The Hall–Kier alpha value is -7.07. The number of carbonyl (C=O) groups is 2. The normalized spacial score (nSPS) is 21.5. The predicted octanol–water partition coefficient (Wildman–Crippen LogP) is 10.9. The number of aliphatic hydroxyl groups is 2. The molecular weight excluding hydrogens is 907 g/mol. The van der Waals surface area contributed by atoms with E-state index in [9.17, 15) is 29.9 Å². The lowest BCUT2D eigenvalue weighted by molar-refractivity contribution is -0.384. The van der Waals surface area contributed by atoms with Crippen LogP contribution in [0.2, 0.25) is 0 Å². The van der Waals surface area contributed by atoms with Gasteiger partial charge in [-0.05, 0) is 120 Å². The molecule has 5 aromatic carbocycles. The Bertz CT molecular complexity index is 2750. The first kappa shape index (κ1) is 50.3. The Morgan fingerprint density at radius 2 is 1.70 bits per heavy atom. The van der Waals surface area contributed by atoms with E-state index in [4.69, 9.17) is 33.7 Å². The highest BCUT2D eigenvalue weighted by Gasteiger charge is 2.65. The van der Waals surface area contributed by atoms with Gasteiger partial charge in [0, 0.05) is 43.2 Å². The number of oxime groups is 1. The Morgan fingerprint density at radius 1 is 0.958 bits per heavy atom. The molecule has 71 heavy (non-hydrogen) atoms. The van der Waals surface area contributed by atoms with E-state index in [0.717, 1.165) is 46.7 Å². The van der Waals surface area contributed by atoms with Crippen LogP contribution in [0, 0.1) is 27.9 Å². The van der Waals surface area contributed by atoms with Crippen LogP contribution in [-0.4, -0.2) is 83.5 Å². The van der Waals surface area contributed by atoms with Crippen molar-refractivity contribution in [2.75, 3.05) is 33.5 Å². The average molecular weight is 968 g/mol. The maximum absolute atomic E-state index is 14.8. The maximum atomic E-state index is 14.8. The molecule has 0 spiro atoms. The van der Waals surface area contributed by atoms with Gasteiger partial charge in [-0.15, -0.1) is 6.58 Å². The molecule has 1 aliphatic heterocycles. The second kappa shape index (κ2) is 23.2. The van der Waals surface area contributed by atoms with Gasteiger partial charge < -0.3 is 38.7 Å². The molecule has 5 aromatic rings. The number of unbranched alkanes of at least 4 members (excludes halogenated alkanes) is 2. The number of nitro benzene ring substituents is 1. The molecule has 3 aliphatic rings. The number of benzene rings is 5. The number of carbonyl (C=O) groups excluding carboxylic acids is 2. The summed E-state index contributed by atoms with van der Waals surface area (Å²) in [7, 11) is 1.50. The molecule has 2 aliphatic carbocycles. The summed E-state index contributed by atoms with van der Waals surface area (Å²) in [6.45, 7) is 6.18. The monoisotopic (exact) mass is 967 g/mol. The summed E-state index contributed by atoms with van der Waals surface area (Å²) in [4.78, 5) is 45.8. The number of nitro groups is 1. The van der Waals surface area contributed by atoms with Crippen molar-refractivity contribution in [2.45, 2.75) is 82.8 Å². The maximum Gasteiger partial charge on any atom is 0.410 e. The summed E-state index contributed by atoms with van der Waals surface area (Å²) in [5.41, 5.74) is 4.06. The topological polar surface area (TPSA) is 189 Å². The van der Waals surface area contributed by atoms with Gasteiger partial charge in [-0.1, -0.05) is 72.6 Å². The molecule has 1 amide bonds. The summed E-state index contributed by atoms with van der Waals surface area (Å²) in [5, 5.41) is 38.5. The van der Waals surface area contributed by atoms with Crippen molar-refractivity contribution < 1.29 is 53.2 Å². The average Bonchev–Trinajstić information content (AvgIpc) is 3.38. The molecule has 0 bridgehead atoms. The van der Waals surface area contributed by atoms with E-state index in [1.807, 2.05) is 54.6 Å². The molecule has 1 heterocycles. The van der Waals surface area contributed by atoms with Crippen molar-refractivity contribution in [1.82, 2.24) is 4.90 Å². The van der Waals surface area contributed by atoms with Crippen LogP contribution < -0.4 is 14.2 Å². The molecule has 1 fully saturated rings. The number of rotatable bonds is 23. The fourth-order valence-corrected chi connectivity index (χ4v) is 10.7. The lowest BCUT2D eigenvalue weighted by Gasteiger charge is -2.59. The van der Waals surface area contributed by atoms with Crippen molar-refractivity contribution in [3.05, 3.63) is 160 Å². The molecule has 0 radical (unpaired) electrons. The Kier molecular flexibility index (Phi) is 16.5. The first-order valence-electron chi connectivity index (χ1n) is 24.3. The van der Waals surface area contributed by atoms with Gasteiger partial charge in [-0.25, -0.2) is 4.79 Å². The third-order valence-electron chi connectivity index (χ3n) is 13.9. The van der Waals surface area contributed by atoms with Crippen molar-refractivity contribution in [1.29, 1.82) is 0 Å².